The van der Waals surface area contributed by atoms with Gasteiger partial charge in [-0.2, -0.15) is 5.10 Å². The predicted molar refractivity (Wildman–Crippen MR) is 76.8 cm³/mol. The molecule has 0 saturated heterocycles. The lowest BCUT2D eigenvalue weighted by atomic mass is 9.96. The summed E-state index contributed by atoms with van der Waals surface area (Å²) in [7, 11) is 0. The first kappa shape index (κ1) is 11.6. The molecule has 1 N–H and O–H groups in total. The molecular weight excluding hydrogens is 250 g/mol. The molecule has 3 heterocycles. The van der Waals surface area contributed by atoms with Crippen molar-refractivity contribution in [3.05, 3.63) is 37.0 Å². The molecule has 101 valence electrons. The fraction of sp³-hybridized carbons (Fsp3) is 0.333. The SMILES string of the molecule is c1nc(-c2cnn([C]3CCCCC3)c2)c2cc[nH]c2n1. The zero-order valence-electron chi connectivity index (χ0n) is 11.2. The van der Waals surface area contributed by atoms with Gasteiger partial charge in [0.05, 0.1) is 17.9 Å². The van der Waals surface area contributed by atoms with E-state index in [4.69, 9.17) is 0 Å². The molecule has 1 aliphatic carbocycles. The van der Waals surface area contributed by atoms with Gasteiger partial charge in [0.1, 0.15) is 12.0 Å². The van der Waals surface area contributed by atoms with Gasteiger partial charge in [-0.3, -0.25) is 4.68 Å². The van der Waals surface area contributed by atoms with Gasteiger partial charge in [-0.1, -0.05) is 19.3 Å². The van der Waals surface area contributed by atoms with Crippen molar-refractivity contribution in [2.24, 2.45) is 0 Å². The van der Waals surface area contributed by atoms with E-state index in [0.717, 1.165) is 35.1 Å². The summed E-state index contributed by atoms with van der Waals surface area (Å²) in [6.45, 7) is 0. The Hall–Kier alpha value is -2.17. The second-order valence-electron chi connectivity index (χ2n) is 5.26. The monoisotopic (exact) mass is 266 g/mol. The molecule has 3 aromatic heterocycles. The number of H-pyrrole nitrogens is 1. The van der Waals surface area contributed by atoms with Crippen LogP contribution >= 0.6 is 0 Å². The number of nitrogens with one attached hydrogen (secondary N) is 1. The van der Waals surface area contributed by atoms with Crippen LogP contribution in [0.4, 0.5) is 0 Å². The van der Waals surface area contributed by atoms with E-state index in [1.165, 1.54) is 25.3 Å². The number of aromatic nitrogens is 5. The molecule has 1 fully saturated rings. The van der Waals surface area contributed by atoms with Gasteiger partial charge in [0.2, 0.25) is 0 Å². The molecule has 0 amide bonds. The average molecular weight is 266 g/mol. The van der Waals surface area contributed by atoms with Gasteiger partial charge in [0.15, 0.2) is 0 Å². The minimum atomic E-state index is 0.869. The molecule has 5 nitrogen and oxygen atoms in total. The second kappa shape index (κ2) is 4.74. The van der Waals surface area contributed by atoms with Crippen LogP contribution in [0.1, 0.15) is 32.1 Å². The van der Waals surface area contributed by atoms with E-state index in [9.17, 15) is 0 Å². The van der Waals surface area contributed by atoms with Crippen LogP contribution in [0, 0.1) is 6.04 Å². The molecule has 0 spiro atoms. The molecule has 1 saturated carbocycles. The smallest absolute Gasteiger partial charge is 0.141 e. The normalized spacial score (nSPS) is 16.8. The Kier molecular flexibility index (Phi) is 2.76. The van der Waals surface area contributed by atoms with Crippen molar-refractivity contribution in [2.75, 3.05) is 0 Å². The summed E-state index contributed by atoms with van der Waals surface area (Å²) in [5.74, 6) is 0. The maximum Gasteiger partial charge on any atom is 0.141 e. The lowest BCUT2D eigenvalue weighted by Crippen LogP contribution is -2.13. The molecule has 3 aromatic rings. The lowest BCUT2D eigenvalue weighted by molar-refractivity contribution is 0.466. The summed E-state index contributed by atoms with van der Waals surface area (Å²) in [6.07, 6.45) is 13.7. The van der Waals surface area contributed by atoms with E-state index < -0.39 is 0 Å². The number of hydrogen-bond acceptors (Lipinski definition) is 3. The van der Waals surface area contributed by atoms with Gasteiger partial charge >= 0.3 is 0 Å². The van der Waals surface area contributed by atoms with E-state index in [1.54, 1.807) is 6.33 Å². The van der Waals surface area contributed by atoms with E-state index in [2.05, 4.69) is 26.2 Å². The molecule has 0 bridgehead atoms. The number of rotatable bonds is 2. The van der Waals surface area contributed by atoms with Crippen LogP contribution < -0.4 is 0 Å². The minimum Gasteiger partial charge on any atom is -0.346 e. The van der Waals surface area contributed by atoms with Gasteiger partial charge in [0, 0.05) is 23.3 Å². The summed E-state index contributed by atoms with van der Waals surface area (Å²) in [4.78, 5) is 11.8. The van der Waals surface area contributed by atoms with Crippen LogP contribution in [0.25, 0.3) is 22.3 Å². The van der Waals surface area contributed by atoms with Gasteiger partial charge in [0.25, 0.3) is 0 Å². The largest absolute Gasteiger partial charge is 0.346 e. The zero-order chi connectivity index (χ0) is 13.4. The summed E-state index contributed by atoms with van der Waals surface area (Å²) in [5.41, 5.74) is 2.86. The van der Waals surface area contributed by atoms with E-state index in [0.29, 0.717) is 0 Å². The lowest BCUT2D eigenvalue weighted by Gasteiger charge is -2.20. The fourth-order valence-electron chi connectivity index (χ4n) is 2.91. The van der Waals surface area contributed by atoms with Crippen LogP contribution in [-0.4, -0.2) is 24.7 Å². The summed E-state index contributed by atoms with van der Waals surface area (Å²) >= 11 is 0. The van der Waals surface area contributed by atoms with Crippen molar-refractivity contribution in [1.29, 1.82) is 0 Å². The van der Waals surface area contributed by atoms with Crippen molar-refractivity contribution < 1.29 is 0 Å². The topological polar surface area (TPSA) is 59.4 Å². The van der Waals surface area contributed by atoms with E-state index >= 15 is 0 Å². The molecule has 0 aliphatic heterocycles. The van der Waals surface area contributed by atoms with Crippen molar-refractivity contribution in [3.8, 4) is 11.3 Å². The minimum absolute atomic E-state index is 0.869. The Labute approximate surface area is 117 Å². The first-order valence-electron chi connectivity index (χ1n) is 7.10. The van der Waals surface area contributed by atoms with Gasteiger partial charge in [-0.25, -0.2) is 9.97 Å². The molecule has 0 unspecified atom stereocenters. The summed E-state index contributed by atoms with van der Waals surface area (Å²) in [5, 5.41) is 5.56. The molecule has 5 heteroatoms. The number of nitrogens with zero attached hydrogens (tertiary/aromatic N) is 4. The highest BCUT2D eigenvalue weighted by Crippen LogP contribution is 2.29. The third kappa shape index (κ3) is 1.90. The van der Waals surface area contributed by atoms with Crippen LogP contribution in [0.15, 0.2) is 31.0 Å². The highest BCUT2D eigenvalue weighted by Gasteiger charge is 2.18. The summed E-state index contributed by atoms with van der Waals surface area (Å²) in [6, 6.07) is 3.43. The molecule has 1 radical (unpaired) electrons. The number of hydrogen-bond donors (Lipinski definition) is 1. The van der Waals surface area contributed by atoms with E-state index in [1.807, 2.05) is 23.1 Å². The molecule has 1 aliphatic rings. The van der Waals surface area contributed by atoms with Gasteiger partial charge in [-0.15, -0.1) is 0 Å². The second-order valence-corrected chi connectivity index (χ2v) is 5.26. The van der Waals surface area contributed by atoms with Crippen LogP contribution in [0.2, 0.25) is 0 Å². The van der Waals surface area contributed by atoms with Crippen molar-refractivity contribution >= 4 is 11.0 Å². The van der Waals surface area contributed by atoms with Gasteiger partial charge < -0.3 is 4.98 Å². The van der Waals surface area contributed by atoms with Crippen LogP contribution in [0.3, 0.4) is 0 Å². The first-order chi connectivity index (χ1) is 9.92. The predicted octanol–water partition coefficient (Wildman–Crippen LogP) is 3.17. The highest BCUT2D eigenvalue weighted by molar-refractivity contribution is 5.89. The molecule has 0 aromatic carbocycles. The van der Waals surface area contributed by atoms with Crippen molar-refractivity contribution in [1.82, 2.24) is 24.7 Å². The molecular formula is C15H16N5. The Balaban J connectivity index is 1.72. The number of fused-ring (bicyclic) bond motifs is 1. The highest BCUT2D eigenvalue weighted by atomic mass is 15.3. The van der Waals surface area contributed by atoms with Crippen LogP contribution in [0.5, 0.6) is 0 Å². The Morgan fingerprint density at radius 3 is 2.90 bits per heavy atom. The molecule has 0 atom stereocenters. The number of aromatic amines is 1. The third-order valence-corrected chi connectivity index (χ3v) is 3.96. The fourth-order valence-corrected chi connectivity index (χ4v) is 2.91. The van der Waals surface area contributed by atoms with Crippen molar-refractivity contribution in [2.45, 2.75) is 32.1 Å². The average Bonchev–Trinajstić information content (AvgIpc) is 3.17. The molecule has 20 heavy (non-hydrogen) atoms. The Bertz CT molecular complexity index is 721. The van der Waals surface area contributed by atoms with Crippen LogP contribution in [-0.2, 0) is 0 Å². The first-order valence-corrected chi connectivity index (χ1v) is 7.10. The Morgan fingerprint density at radius 1 is 1.10 bits per heavy atom. The third-order valence-electron chi connectivity index (χ3n) is 3.96. The van der Waals surface area contributed by atoms with Gasteiger partial charge in [-0.05, 0) is 18.9 Å². The quantitative estimate of drug-likeness (QED) is 0.775. The Morgan fingerprint density at radius 2 is 2.00 bits per heavy atom. The summed E-state index contributed by atoms with van der Waals surface area (Å²) < 4.78 is 2.04. The van der Waals surface area contributed by atoms with E-state index in [-0.39, 0.29) is 0 Å². The van der Waals surface area contributed by atoms with Crippen molar-refractivity contribution in [3.63, 3.8) is 0 Å². The maximum atomic E-state index is 4.52. The standard InChI is InChI=1S/C15H16N5/c1-2-4-12(5-3-1)20-9-11(8-19-20)14-13-6-7-16-15(13)18-10-17-14/h6-10H,1-5H2,(H,16,17,18). The maximum absolute atomic E-state index is 4.52. The zero-order valence-corrected chi connectivity index (χ0v) is 11.2. The molecule has 4 rings (SSSR count).